The van der Waals surface area contributed by atoms with Gasteiger partial charge in [0.1, 0.15) is 5.71 Å². The second-order valence-electron chi connectivity index (χ2n) is 4.19. The third-order valence-electron chi connectivity index (χ3n) is 2.73. The van der Waals surface area contributed by atoms with Crippen molar-refractivity contribution >= 4 is 23.4 Å². The molecule has 7 nitrogen and oxygen atoms in total. The monoisotopic (exact) mass is 290 g/mol. The molecule has 0 saturated heterocycles. The zero-order chi connectivity index (χ0) is 15.4. The second-order valence-corrected chi connectivity index (χ2v) is 4.19. The molecular weight excluding hydrogens is 276 g/mol. The minimum absolute atomic E-state index is 0.0204. The van der Waals surface area contributed by atoms with Crippen molar-refractivity contribution in [2.75, 3.05) is 6.61 Å². The van der Waals surface area contributed by atoms with Crippen LogP contribution < -0.4 is 4.74 Å². The lowest BCUT2D eigenvalue weighted by atomic mass is 10.1. The normalized spacial score (nSPS) is 15.4. The van der Waals surface area contributed by atoms with Crippen LogP contribution in [0, 0.1) is 0 Å². The largest absolute Gasteiger partial charge is 0.504 e. The van der Waals surface area contributed by atoms with Crippen LogP contribution in [0.5, 0.6) is 11.5 Å². The maximum Gasteiger partial charge on any atom is 0.368 e. The molecule has 1 aromatic carbocycles. The van der Waals surface area contributed by atoms with Gasteiger partial charge in [0.15, 0.2) is 17.2 Å². The summed E-state index contributed by atoms with van der Waals surface area (Å²) in [5, 5.41) is 9.57. The molecule has 21 heavy (non-hydrogen) atoms. The van der Waals surface area contributed by atoms with Crippen LogP contribution in [-0.4, -0.2) is 41.2 Å². The molecule has 1 atom stereocenters. The first-order valence-corrected chi connectivity index (χ1v) is 6.36. The number of hydrogen-bond donors (Lipinski definition) is 1. The molecule has 2 amide bonds. The van der Waals surface area contributed by atoms with Gasteiger partial charge in [-0.25, -0.2) is 9.59 Å². The average molecular weight is 290 g/mol. The number of carbonyl (C=O) groups is 2. The maximum absolute atomic E-state index is 12.1. The summed E-state index contributed by atoms with van der Waals surface area (Å²) in [6.07, 6.45) is -0.558. The van der Waals surface area contributed by atoms with Gasteiger partial charge in [-0.3, -0.25) is 0 Å². The molecule has 0 saturated carbocycles. The first kappa shape index (κ1) is 14.9. The molecule has 2 rings (SSSR count). The zero-order valence-electron chi connectivity index (χ0n) is 11.6. The predicted octanol–water partition coefficient (Wildman–Crippen LogP) is 1.74. The van der Waals surface area contributed by atoms with Gasteiger partial charge in [-0.2, -0.15) is 9.98 Å². The molecule has 1 aliphatic heterocycles. The van der Waals surface area contributed by atoms with Gasteiger partial charge in [0, 0.05) is 6.61 Å². The molecule has 1 heterocycles. The van der Waals surface area contributed by atoms with Gasteiger partial charge in [0.25, 0.3) is 0 Å². The number of urea groups is 1. The fraction of sp³-hybridized carbons (Fsp3) is 0.286. The summed E-state index contributed by atoms with van der Waals surface area (Å²) in [7, 11) is 0. The molecule has 7 heteroatoms. The predicted molar refractivity (Wildman–Crippen MR) is 75.1 cm³/mol. The Bertz CT molecular complexity index is 636. The number of rotatable bonds is 5. The van der Waals surface area contributed by atoms with Crippen LogP contribution >= 0.6 is 0 Å². The van der Waals surface area contributed by atoms with Crippen molar-refractivity contribution < 1.29 is 24.2 Å². The van der Waals surface area contributed by atoms with E-state index >= 15 is 0 Å². The summed E-state index contributed by atoms with van der Waals surface area (Å²) in [5.41, 5.74) is -0.0773. The van der Waals surface area contributed by atoms with Gasteiger partial charge >= 0.3 is 12.0 Å². The third kappa shape index (κ3) is 3.32. The number of carbonyl (C=O) groups excluding carboxylic acids is 2. The van der Waals surface area contributed by atoms with Crippen LogP contribution in [0.2, 0.25) is 0 Å². The number of phenols is 1. The van der Waals surface area contributed by atoms with Crippen molar-refractivity contribution in [3.63, 3.8) is 0 Å². The van der Waals surface area contributed by atoms with E-state index in [9.17, 15) is 14.7 Å². The van der Waals surface area contributed by atoms with Gasteiger partial charge in [0.05, 0.1) is 6.10 Å². The quantitative estimate of drug-likeness (QED) is 0.658. The van der Waals surface area contributed by atoms with E-state index in [4.69, 9.17) is 9.47 Å². The van der Waals surface area contributed by atoms with Crippen molar-refractivity contribution in [3.8, 4) is 11.5 Å². The number of ether oxygens (including phenoxy) is 2. The minimum Gasteiger partial charge on any atom is -0.504 e. The minimum atomic E-state index is -0.868. The fourth-order valence-electron chi connectivity index (χ4n) is 1.79. The molecule has 0 spiro atoms. The Labute approximate surface area is 120 Å². The lowest BCUT2D eigenvalue weighted by Crippen LogP contribution is -2.34. The number of hydrogen-bond acceptors (Lipinski definition) is 5. The van der Waals surface area contributed by atoms with Crippen molar-refractivity contribution in [2.24, 2.45) is 9.98 Å². The van der Waals surface area contributed by atoms with Gasteiger partial charge in [0.2, 0.25) is 0 Å². The van der Waals surface area contributed by atoms with E-state index in [1.54, 1.807) is 26.0 Å². The highest BCUT2D eigenvalue weighted by Crippen LogP contribution is 2.25. The summed E-state index contributed by atoms with van der Waals surface area (Å²) in [6, 6.07) is 5.21. The molecule has 1 aromatic rings. The molecule has 0 aromatic heterocycles. The lowest BCUT2D eigenvalue weighted by molar-refractivity contribution is -0.126. The number of phenolic OH excluding ortho intramolecular Hbond substituents is 1. The van der Waals surface area contributed by atoms with Crippen molar-refractivity contribution in [1.29, 1.82) is 0 Å². The first-order chi connectivity index (χ1) is 10.0. The van der Waals surface area contributed by atoms with Gasteiger partial charge in [-0.15, -0.1) is 0 Å². The first-order valence-electron chi connectivity index (χ1n) is 6.36. The van der Waals surface area contributed by atoms with Gasteiger partial charge in [-0.1, -0.05) is 12.1 Å². The maximum atomic E-state index is 12.1. The van der Waals surface area contributed by atoms with E-state index in [-0.39, 0.29) is 22.9 Å². The van der Waals surface area contributed by atoms with Crippen LogP contribution in [0.4, 0.5) is 4.79 Å². The number of nitrogens with zero attached hydrogens (tertiary/aromatic N) is 2. The van der Waals surface area contributed by atoms with Crippen LogP contribution in [0.25, 0.3) is 0 Å². The van der Waals surface area contributed by atoms with Crippen molar-refractivity contribution in [3.05, 3.63) is 24.3 Å². The van der Waals surface area contributed by atoms with E-state index in [2.05, 4.69) is 9.98 Å². The van der Waals surface area contributed by atoms with Crippen LogP contribution in [0.3, 0.4) is 0 Å². The second kappa shape index (κ2) is 6.27. The summed E-state index contributed by atoms with van der Waals surface area (Å²) < 4.78 is 10.3. The Kier molecular flexibility index (Phi) is 4.44. The van der Waals surface area contributed by atoms with E-state index in [0.29, 0.717) is 6.61 Å². The molecule has 0 fully saturated rings. The summed E-state index contributed by atoms with van der Waals surface area (Å²) in [6.45, 7) is 3.84. The molecule has 0 bridgehead atoms. The van der Waals surface area contributed by atoms with E-state index in [1.807, 2.05) is 0 Å². The van der Waals surface area contributed by atoms with Crippen LogP contribution in [-0.2, 0) is 9.53 Å². The van der Waals surface area contributed by atoms with E-state index < -0.39 is 18.1 Å². The topological polar surface area (TPSA) is 97.6 Å². The smallest absolute Gasteiger partial charge is 0.368 e. The fourth-order valence-corrected chi connectivity index (χ4v) is 1.79. The highest BCUT2D eigenvalue weighted by Gasteiger charge is 2.31. The number of amides is 2. The summed E-state index contributed by atoms with van der Waals surface area (Å²) in [4.78, 5) is 30.6. The molecule has 1 unspecified atom stereocenters. The van der Waals surface area contributed by atoms with Gasteiger partial charge in [-0.05, 0) is 26.0 Å². The Morgan fingerprint density at radius 2 is 2.05 bits per heavy atom. The number of aliphatic imine (C=N–C) groups is 2. The molecule has 0 aliphatic carbocycles. The SMILES string of the molecule is CCOC(C)C1=NC(=O)N=C1C(=O)Oc1ccccc1O. The molecule has 0 radical (unpaired) electrons. The average Bonchev–Trinajstić information content (AvgIpc) is 2.84. The van der Waals surface area contributed by atoms with Crippen LogP contribution in [0.1, 0.15) is 13.8 Å². The lowest BCUT2D eigenvalue weighted by Gasteiger charge is -2.12. The van der Waals surface area contributed by atoms with E-state index in [0.717, 1.165) is 0 Å². The Hall–Kier alpha value is -2.54. The standard InChI is InChI=1S/C14H14N2O5/c1-3-20-8(2)11-12(16-14(19)15-11)13(18)21-10-7-5-4-6-9(10)17/h4-8,17H,3H2,1-2H3. The van der Waals surface area contributed by atoms with E-state index in [1.165, 1.54) is 12.1 Å². The Balaban J connectivity index is 2.19. The Morgan fingerprint density at radius 3 is 2.71 bits per heavy atom. The highest BCUT2D eigenvalue weighted by molar-refractivity contribution is 6.69. The molecule has 1 N–H and O–H groups in total. The highest BCUT2D eigenvalue weighted by atomic mass is 16.5. The molecule has 110 valence electrons. The number of aromatic hydroxyl groups is 1. The number of para-hydroxylation sites is 2. The third-order valence-corrected chi connectivity index (χ3v) is 2.73. The van der Waals surface area contributed by atoms with Crippen molar-refractivity contribution in [2.45, 2.75) is 20.0 Å². The number of esters is 1. The zero-order valence-corrected chi connectivity index (χ0v) is 11.6. The summed E-state index contributed by atoms with van der Waals surface area (Å²) >= 11 is 0. The number of benzene rings is 1. The molecular formula is C14H14N2O5. The van der Waals surface area contributed by atoms with Gasteiger partial charge < -0.3 is 14.6 Å². The molecule has 1 aliphatic rings. The van der Waals surface area contributed by atoms with Crippen LogP contribution in [0.15, 0.2) is 34.3 Å². The Morgan fingerprint density at radius 1 is 1.33 bits per heavy atom. The summed E-state index contributed by atoms with van der Waals surface area (Å²) in [5.74, 6) is -1.08. The van der Waals surface area contributed by atoms with Crippen molar-refractivity contribution in [1.82, 2.24) is 0 Å².